The third-order valence-electron chi connectivity index (χ3n) is 4.51. The van der Waals surface area contributed by atoms with Gasteiger partial charge in [-0.05, 0) is 31.4 Å². The molecule has 1 rings (SSSR count). The van der Waals surface area contributed by atoms with Gasteiger partial charge in [0, 0.05) is 24.2 Å². The van der Waals surface area contributed by atoms with E-state index in [0.29, 0.717) is 11.3 Å². The van der Waals surface area contributed by atoms with Gasteiger partial charge in [-0.2, -0.15) is 0 Å². The predicted molar refractivity (Wildman–Crippen MR) is 114 cm³/mol. The summed E-state index contributed by atoms with van der Waals surface area (Å²) in [6.45, 7) is 5.73. The molecule has 0 radical (unpaired) electrons. The van der Waals surface area contributed by atoms with Crippen LogP contribution in [-0.4, -0.2) is 33.0 Å². The van der Waals surface area contributed by atoms with Crippen molar-refractivity contribution in [2.45, 2.75) is 72.1 Å². The summed E-state index contributed by atoms with van der Waals surface area (Å²) in [6.07, 6.45) is 5.93. The summed E-state index contributed by atoms with van der Waals surface area (Å²) in [5.41, 5.74) is 0.930. The summed E-state index contributed by atoms with van der Waals surface area (Å²) < 4.78 is 0. The van der Waals surface area contributed by atoms with Gasteiger partial charge in [0.05, 0.1) is 17.3 Å². The molecule has 168 valence electrons. The number of carbonyl (C=O) groups excluding carboxylic acids is 1. The van der Waals surface area contributed by atoms with Gasteiger partial charge in [-0.1, -0.05) is 39.5 Å². The van der Waals surface area contributed by atoms with E-state index in [1.807, 2.05) is 6.92 Å². The highest BCUT2D eigenvalue weighted by molar-refractivity contribution is 5.93. The number of nitro groups is 1. The summed E-state index contributed by atoms with van der Waals surface area (Å²) in [5.74, 6) is -2.23. The van der Waals surface area contributed by atoms with Crippen LogP contribution >= 0.6 is 0 Å². The molecule has 0 fully saturated rings. The number of aryl methyl sites for hydroxylation is 1. The van der Waals surface area contributed by atoms with Crippen LogP contribution in [0.4, 0.5) is 11.4 Å². The van der Waals surface area contributed by atoms with Crippen LogP contribution in [0.15, 0.2) is 18.2 Å². The van der Waals surface area contributed by atoms with Crippen molar-refractivity contribution in [1.29, 1.82) is 0 Å². The van der Waals surface area contributed by atoms with E-state index >= 15 is 0 Å². The minimum absolute atomic E-state index is 0.0592. The summed E-state index contributed by atoms with van der Waals surface area (Å²) in [5, 5.41) is 30.2. The van der Waals surface area contributed by atoms with E-state index in [2.05, 4.69) is 12.2 Å². The summed E-state index contributed by atoms with van der Waals surface area (Å²) in [7, 11) is 0. The number of nitrogens with zero attached hydrogens (tertiary/aromatic N) is 1. The second-order valence-corrected chi connectivity index (χ2v) is 6.99. The number of unbranched alkanes of at least 4 members (excludes halogenated alkanes) is 3. The van der Waals surface area contributed by atoms with Gasteiger partial charge in [-0.25, -0.2) is 0 Å². The fourth-order valence-electron chi connectivity index (χ4n) is 2.65. The number of aliphatic carboxylic acids is 2. The maximum Gasteiger partial charge on any atom is 0.306 e. The van der Waals surface area contributed by atoms with Crippen LogP contribution in [0.25, 0.3) is 0 Å². The van der Waals surface area contributed by atoms with Gasteiger partial charge in [0.1, 0.15) is 0 Å². The van der Waals surface area contributed by atoms with E-state index in [4.69, 9.17) is 10.2 Å². The Morgan fingerprint density at radius 3 is 2.23 bits per heavy atom. The maximum absolute atomic E-state index is 11.4. The molecule has 1 aromatic rings. The molecule has 9 nitrogen and oxygen atoms in total. The Morgan fingerprint density at radius 2 is 1.77 bits per heavy atom. The maximum atomic E-state index is 11.4. The highest BCUT2D eigenvalue weighted by atomic mass is 16.6. The van der Waals surface area contributed by atoms with E-state index in [0.717, 1.165) is 19.3 Å². The van der Waals surface area contributed by atoms with Crippen molar-refractivity contribution in [3.05, 3.63) is 33.9 Å². The molecule has 9 heteroatoms. The molecule has 0 aliphatic rings. The third-order valence-corrected chi connectivity index (χ3v) is 4.51. The predicted octanol–water partition coefficient (Wildman–Crippen LogP) is 4.77. The molecule has 1 amide bonds. The zero-order valence-corrected chi connectivity index (χ0v) is 17.8. The van der Waals surface area contributed by atoms with Crippen LogP contribution in [0, 0.1) is 23.0 Å². The second-order valence-electron chi connectivity index (χ2n) is 6.99. The van der Waals surface area contributed by atoms with Crippen molar-refractivity contribution >= 4 is 29.2 Å². The van der Waals surface area contributed by atoms with Gasteiger partial charge in [-0.15, -0.1) is 0 Å². The summed E-state index contributed by atoms with van der Waals surface area (Å²) in [4.78, 5) is 42.3. The lowest BCUT2D eigenvalue weighted by Crippen LogP contribution is -2.14. The van der Waals surface area contributed by atoms with Crippen molar-refractivity contribution in [2.75, 3.05) is 5.32 Å². The van der Waals surface area contributed by atoms with E-state index in [-0.39, 0.29) is 24.4 Å². The lowest BCUT2D eigenvalue weighted by molar-refractivity contribution is -0.384. The number of carboxylic acids is 2. The molecular weight excluding hydrogens is 392 g/mol. The highest BCUT2D eigenvalue weighted by Gasteiger charge is 2.13. The highest BCUT2D eigenvalue weighted by Crippen LogP contribution is 2.21. The van der Waals surface area contributed by atoms with E-state index < -0.39 is 22.8 Å². The van der Waals surface area contributed by atoms with Crippen LogP contribution in [-0.2, 0) is 14.4 Å². The Hall–Kier alpha value is -2.97. The number of nitro benzene ring substituents is 1. The number of anilines is 1. The van der Waals surface area contributed by atoms with Crippen LogP contribution in [0.1, 0.15) is 70.8 Å². The average molecular weight is 424 g/mol. The third kappa shape index (κ3) is 11.8. The number of amides is 1. The van der Waals surface area contributed by atoms with E-state index in [1.165, 1.54) is 37.5 Å². The van der Waals surface area contributed by atoms with Crippen molar-refractivity contribution < 1.29 is 29.5 Å². The average Bonchev–Trinajstić information content (AvgIpc) is 2.68. The molecular formula is C21H32N2O7. The van der Waals surface area contributed by atoms with Crippen LogP contribution in [0.5, 0.6) is 0 Å². The van der Waals surface area contributed by atoms with Gasteiger partial charge in [0.25, 0.3) is 5.69 Å². The first-order valence-corrected chi connectivity index (χ1v) is 10.1. The number of carboxylic acid groups (broad SMARTS) is 2. The molecule has 0 saturated carbocycles. The monoisotopic (exact) mass is 424 g/mol. The lowest BCUT2D eigenvalue weighted by atomic mass is 9.99. The molecule has 0 aliphatic carbocycles. The topological polar surface area (TPSA) is 147 Å². The van der Waals surface area contributed by atoms with Crippen molar-refractivity contribution in [1.82, 2.24) is 0 Å². The van der Waals surface area contributed by atoms with Gasteiger partial charge >= 0.3 is 11.9 Å². The van der Waals surface area contributed by atoms with Gasteiger partial charge in [-0.3, -0.25) is 24.5 Å². The van der Waals surface area contributed by atoms with Gasteiger partial charge in [0.15, 0.2) is 0 Å². The Balaban J connectivity index is 0.000000612. The number of nitrogens with one attached hydrogen (secondary N) is 1. The van der Waals surface area contributed by atoms with Gasteiger partial charge in [0.2, 0.25) is 5.91 Å². The number of non-ortho nitro benzene ring substituents is 1. The van der Waals surface area contributed by atoms with E-state index in [9.17, 15) is 24.5 Å². The molecule has 1 unspecified atom stereocenters. The van der Waals surface area contributed by atoms with Crippen molar-refractivity contribution in [2.24, 2.45) is 5.92 Å². The van der Waals surface area contributed by atoms with Crippen molar-refractivity contribution in [3.8, 4) is 0 Å². The standard InChI is InChI=1S/C11H12N2O5.C10H20O2/c1-7-6-8(13(17)18)2-3-9(7)12-10(14)4-5-11(15)16;1-3-5-6-7-8-9(4-2)10(11)12/h2-3,6H,4-5H2,1H3,(H,12,14)(H,15,16);9H,3-8H2,1-2H3,(H,11,12). The molecule has 0 aliphatic heterocycles. The Bertz CT molecular complexity index is 719. The molecule has 0 aromatic heterocycles. The molecule has 0 heterocycles. The molecule has 1 aromatic carbocycles. The first kappa shape index (κ1) is 27.0. The molecule has 3 N–H and O–H groups in total. The summed E-state index contributed by atoms with van der Waals surface area (Å²) in [6, 6.07) is 4.04. The molecule has 30 heavy (non-hydrogen) atoms. The minimum Gasteiger partial charge on any atom is -0.481 e. The normalized spacial score (nSPS) is 11.0. The van der Waals surface area contributed by atoms with E-state index in [1.54, 1.807) is 6.92 Å². The Morgan fingerprint density at radius 1 is 1.10 bits per heavy atom. The molecule has 0 bridgehead atoms. The first-order chi connectivity index (χ1) is 14.1. The lowest BCUT2D eigenvalue weighted by Gasteiger charge is -2.08. The van der Waals surface area contributed by atoms with Crippen molar-refractivity contribution in [3.63, 3.8) is 0 Å². The molecule has 1 atom stereocenters. The molecule has 0 saturated heterocycles. The second kappa shape index (κ2) is 14.9. The Kier molecular flexibility index (Phi) is 13.5. The minimum atomic E-state index is -1.05. The SMILES string of the molecule is CCCCCCC(CC)C(=O)O.Cc1cc([N+](=O)[O-])ccc1NC(=O)CCC(=O)O. The number of benzene rings is 1. The van der Waals surface area contributed by atoms with Gasteiger partial charge < -0.3 is 15.5 Å². The zero-order chi connectivity index (χ0) is 23.1. The number of carbonyl (C=O) groups is 3. The Labute approximate surface area is 176 Å². The zero-order valence-electron chi connectivity index (χ0n) is 17.8. The van der Waals surface area contributed by atoms with Crippen LogP contribution in [0.3, 0.4) is 0 Å². The van der Waals surface area contributed by atoms with Crippen LogP contribution < -0.4 is 5.32 Å². The number of hydrogen-bond donors (Lipinski definition) is 3. The smallest absolute Gasteiger partial charge is 0.306 e. The largest absolute Gasteiger partial charge is 0.481 e. The number of rotatable bonds is 12. The quantitative estimate of drug-likeness (QED) is 0.249. The number of hydrogen-bond acceptors (Lipinski definition) is 5. The summed E-state index contributed by atoms with van der Waals surface area (Å²) >= 11 is 0. The fourth-order valence-corrected chi connectivity index (χ4v) is 2.65. The van der Waals surface area contributed by atoms with Crippen LogP contribution in [0.2, 0.25) is 0 Å². The fraction of sp³-hybridized carbons (Fsp3) is 0.571. The first-order valence-electron chi connectivity index (χ1n) is 10.1. The molecule has 0 spiro atoms.